The molecule has 1 amide bonds. The molecule has 4 rings (SSSR count). The number of benzene rings is 3. The van der Waals surface area contributed by atoms with Gasteiger partial charge in [-0.2, -0.15) is 8.75 Å². The number of halogens is 2. The van der Waals surface area contributed by atoms with E-state index in [-0.39, 0.29) is 28.9 Å². The molecule has 1 heterocycles. The van der Waals surface area contributed by atoms with Crippen LogP contribution in [0.3, 0.4) is 0 Å². The molecule has 3 aromatic carbocycles. The minimum absolute atomic E-state index is 0.0713. The van der Waals surface area contributed by atoms with E-state index in [0.717, 1.165) is 35.2 Å². The van der Waals surface area contributed by atoms with Crippen molar-refractivity contribution >= 4 is 78.9 Å². The first-order valence-corrected chi connectivity index (χ1v) is 14.6. The van der Waals surface area contributed by atoms with Gasteiger partial charge in [0.25, 0.3) is 17.2 Å². The Labute approximate surface area is 238 Å². The van der Waals surface area contributed by atoms with Gasteiger partial charge < -0.3 is 5.32 Å². The molecule has 0 fully saturated rings. The zero-order valence-corrected chi connectivity index (χ0v) is 24.5. The van der Waals surface area contributed by atoms with Gasteiger partial charge in [-0.1, -0.05) is 65.3 Å². The molecular weight excluding hydrogens is 675 g/mol. The Kier molecular flexibility index (Phi) is 9.23. The predicted octanol–water partition coefficient (Wildman–Crippen LogP) is 6.30. The van der Waals surface area contributed by atoms with Crippen LogP contribution >= 0.6 is 50.2 Å². The van der Waals surface area contributed by atoms with Gasteiger partial charge in [0.15, 0.2) is 5.82 Å². The quantitative estimate of drug-likeness (QED) is 0.158. The van der Waals surface area contributed by atoms with Crippen molar-refractivity contribution in [3.63, 3.8) is 0 Å². The third kappa shape index (κ3) is 6.57. The first kappa shape index (κ1) is 26.9. The normalized spacial score (nSPS) is 12.7. The van der Waals surface area contributed by atoms with Crippen molar-refractivity contribution in [1.29, 1.82) is 0 Å². The Balaban J connectivity index is 1.62. The number of nitrogens with one attached hydrogen (secondary N) is 1. The van der Waals surface area contributed by atoms with Crippen molar-refractivity contribution < 1.29 is 13.6 Å². The van der Waals surface area contributed by atoms with Gasteiger partial charge in [0.2, 0.25) is 0 Å². The Bertz CT molecular complexity index is 1390. The van der Waals surface area contributed by atoms with Crippen LogP contribution in [0, 0.1) is 3.57 Å². The molecule has 186 valence electrons. The highest BCUT2D eigenvalue weighted by atomic mass is 127. The first-order chi connectivity index (χ1) is 17.3. The Morgan fingerprint density at radius 1 is 1.14 bits per heavy atom. The van der Waals surface area contributed by atoms with Crippen LogP contribution in [0.25, 0.3) is 0 Å². The van der Waals surface area contributed by atoms with Crippen LogP contribution in [0.5, 0.6) is 0 Å². The molecule has 0 spiro atoms. The van der Waals surface area contributed by atoms with E-state index in [1.54, 1.807) is 18.2 Å². The summed E-state index contributed by atoms with van der Waals surface area (Å²) in [6.07, 6.45) is 0.440. The number of anilines is 2. The number of hydrogen-bond donors (Lipinski definition) is 2. The van der Waals surface area contributed by atoms with Gasteiger partial charge in [-0.3, -0.25) is 9.35 Å². The Hall–Kier alpha value is -2.19. The topological polar surface area (TPSA) is 95.4 Å². The van der Waals surface area contributed by atoms with Gasteiger partial charge >= 0.3 is 0 Å². The van der Waals surface area contributed by atoms with Crippen LogP contribution in [0.15, 0.2) is 77.3 Å². The minimum Gasteiger partial charge on any atom is -0.351 e. The molecule has 0 bridgehead atoms. The van der Waals surface area contributed by atoms with Crippen LogP contribution in [-0.2, 0) is 17.7 Å². The summed E-state index contributed by atoms with van der Waals surface area (Å²) in [6, 6.07) is 22.8. The van der Waals surface area contributed by atoms with Crippen molar-refractivity contribution in [2.24, 2.45) is 0 Å². The maximum Gasteiger partial charge on any atom is 0.268 e. The smallest absolute Gasteiger partial charge is 0.268 e. The molecule has 0 saturated carbocycles. The molecule has 0 radical (unpaired) electrons. The average molecular weight is 697 g/mol. The van der Waals surface area contributed by atoms with E-state index in [2.05, 4.69) is 52.6 Å². The fraction of sp³-hybridized carbons (Fsp3) is 0.160. The number of carbonyl (C=O) groups is 1. The van der Waals surface area contributed by atoms with Gasteiger partial charge in [0, 0.05) is 21.0 Å². The summed E-state index contributed by atoms with van der Waals surface area (Å²) >= 11 is 4.08. The van der Waals surface area contributed by atoms with Crippen molar-refractivity contribution in [1.82, 2.24) is 14.1 Å². The molecule has 11 heteroatoms. The molecule has 2 N–H and O–H groups in total. The lowest BCUT2D eigenvalue weighted by Crippen LogP contribution is -2.30. The second-order valence-electron chi connectivity index (χ2n) is 8.05. The lowest BCUT2D eigenvalue weighted by atomic mass is 10.0. The molecular formula is C25H22BrIN4O3S2. The van der Waals surface area contributed by atoms with Gasteiger partial charge in [-0.25, -0.2) is 8.51 Å². The zero-order chi connectivity index (χ0) is 25.7. The van der Waals surface area contributed by atoms with Crippen LogP contribution in [0.4, 0.5) is 11.5 Å². The summed E-state index contributed by atoms with van der Waals surface area (Å²) in [5.41, 5.74) is 3.21. The number of carbonyl (C=O) groups excluding carboxylic acids is 1. The number of aromatic nitrogens is 2. The molecule has 1 aromatic heterocycles. The minimum atomic E-state index is -2.48. The predicted molar refractivity (Wildman–Crippen MR) is 156 cm³/mol. The molecule has 0 aliphatic heterocycles. The van der Waals surface area contributed by atoms with E-state index in [9.17, 15) is 13.6 Å². The largest absolute Gasteiger partial charge is 0.351 e. The van der Waals surface area contributed by atoms with E-state index in [1.807, 2.05) is 61.5 Å². The monoisotopic (exact) mass is 696 g/mol. The second-order valence-corrected chi connectivity index (χ2v) is 11.6. The highest BCUT2D eigenvalue weighted by molar-refractivity contribution is 14.1. The molecule has 36 heavy (non-hydrogen) atoms. The van der Waals surface area contributed by atoms with E-state index < -0.39 is 11.3 Å². The van der Waals surface area contributed by atoms with Gasteiger partial charge in [0.05, 0.1) is 23.0 Å². The fourth-order valence-electron chi connectivity index (χ4n) is 3.67. The molecule has 2 unspecified atom stereocenters. The third-order valence-electron chi connectivity index (χ3n) is 5.51. The van der Waals surface area contributed by atoms with Crippen molar-refractivity contribution in [2.45, 2.75) is 19.3 Å². The number of nitrogens with zero attached hydrogens (tertiary/aromatic N) is 3. The van der Waals surface area contributed by atoms with Crippen LogP contribution in [-0.4, -0.2) is 30.0 Å². The zero-order valence-electron chi connectivity index (χ0n) is 19.1. The van der Waals surface area contributed by atoms with Gasteiger partial charge in [0.1, 0.15) is 5.69 Å². The first-order valence-electron chi connectivity index (χ1n) is 10.9. The molecule has 0 saturated heterocycles. The number of rotatable bonds is 9. The van der Waals surface area contributed by atoms with Crippen molar-refractivity contribution in [3.05, 3.63) is 103 Å². The van der Waals surface area contributed by atoms with Crippen LogP contribution in [0.2, 0.25) is 0 Å². The SMILES string of the molecule is CC(CNC(=O)c1ccc(I)cc1N(c1nsnc1Cc1ccccc1)S(=O)O)c1cccc(Br)c1. The van der Waals surface area contributed by atoms with Crippen molar-refractivity contribution in [2.75, 3.05) is 10.8 Å². The summed E-state index contributed by atoms with van der Waals surface area (Å²) in [4.78, 5) is 13.3. The average Bonchev–Trinajstić information content (AvgIpc) is 3.30. The van der Waals surface area contributed by atoms with E-state index in [1.165, 1.54) is 0 Å². The summed E-state index contributed by atoms with van der Waals surface area (Å²) in [7, 11) is 0. The summed E-state index contributed by atoms with van der Waals surface area (Å²) in [5, 5.41) is 2.97. The fourth-order valence-corrected chi connectivity index (χ4v) is 5.77. The number of amides is 1. The van der Waals surface area contributed by atoms with E-state index in [4.69, 9.17) is 0 Å². The maximum atomic E-state index is 13.3. The highest BCUT2D eigenvalue weighted by Gasteiger charge is 2.27. The lowest BCUT2D eigenvalue weighted by Gasteiger charge is -2.22. The maximum absolute atomic E-state index is 13.3. The highest BCUT2D eigenvalue weighted by Crippen LogP contribution is 2.33. The Morgan fingerprint density at radius 3 is 2.64 bits per heavy atom. The second kappa shape index (κ2) is 12.4. The van der Waals surface area contributed by atoms with Gasteiger partial charge in [-0.15, -0.1) is 0 Å². The van der Waals surface area contributed by atoms with Crippen molar-refractivity contribution in [3.8, 4) is 0 Å². The Morgan fingerprint density at radius 2 is 1.92 bits per heavy atom. The third-order valence-corrected chi connectivity index (χ3v) is 7.91. The molecule has 7 nitrogen and oxygen atoms in total. The number of hydrogen-bond acceptors (Lipinski definition) is 5. The van der Waals surface area contributed by atoms with Crippen LogP contribution < -0.4 is 9.62 Å². The van der Waals surface area contributed by atoms with Gasteiger partial charge in [-0.05, 0) is 70.0 Å². The standard InChI is InChI=1S/C25H22BrIN4O3S2/c1-16(18-8-5-9-19(26)13-18)15-28-25(32)21-11-10-20(27)14-23(21)31(36(33)34)24-22(29-35-30-24)12-17-6-3-2-4-7-17/h2-11,13-14,16H,12,15H2,1H3,(H,28,32)(H,33,34). The van der Waals surface area contributed by atoms with E-state index in [0.29, 0.717) is 18.7 Å². The lowest BCUT2D eigenvalue weighted by molar-refractivity contribution is 0.0952. The summed E-state index contributed by atoms with van der Waals surface area (Å²) in [6.45, 7) is 2.43. The summed E-state index contributed by atoms with van der Waals surface area (Å²) < 4.78 is 34.6. The molecule has 4 aromatic rings. The van der Waals surface area contributed by atoms with Crippen LogP contribution in [0.1, 0.15) is 40.0 Å². The van der Waals surface area contributed by atoms with E-state index >= 15 is 0 Å². The molecule has 0 aliphatic rings. The molecule has 0 aliphatic carbocycles. The molecule has 2 atom stereocenters. The summed E-state index contributed by atoms with van der Waals surface area (Å²) in [5.74, 6) is -0.0169.